The van der Waals surface area contributed by atoms with E-state index in [2.05, 4.69) is 19.5 Å². The summed E-state index contributed by atoms with van der Waals surface area (Å²) in [6.45, 7) is 4.64. The summed E-state index contributed by atoms with van der Waals surface area (Å²) in [5, 5.41) is 11.0. The predicted octanol–water partition coefficient (Wildman–Crippen LogP) is 6.18. The molecular weight excluding hydrogens is 637 g/mol. The van der Waals surface area contributed by atoms with Crippen LogP contribution in [0.3, 0.4) is 0 Å². The van der Waals surface area contributed by atoms with Gasteiger partial charge in [0.05, 0.1) is 0 Å². The summed E-state index contributed by atoms with van der Waals surface area (Å²) < 4.78 is 66.2. The average molecular weight is 667 g/mol. The van der Waals surface area contributed by atoms with Crippen molar-refractivity contribution in [2.24, 2.45) is 0 Å². The number of rotatable bonds is 10. The maximum absolute atomic E-state index is 12.4. The fraction of sp³-hybridized carbons (Fsp3) is 0.312. The van der Waals surface area contributed by atoms with Gasteiger partial charge in [0.2, 0.25) is 0 Å². The maximum Gasteiger partial charge on any atom is 0.573 e. The van der Waals surface area contributed by atoms with Crippen LogP contribution in [0.4, 0.5) is 25.0 Å². The third-order valence-corrected chi connectivity index (χ3v) is 7.93. The van der Waals surface area contributed by atoms with Crippen molar-refractivity contribution in [3.8, 4) is 29.0 Å². The minimum atomic E-state index is -4.74. The van der Waals surface area contributed by atoms with Gasteiger partial charge >= 0.3 is 18.2 Å². The zero-order chi connectivity index (χ0) is 33.3. The molecule has 0 saturated carbocycles. The van der Waals surface area contributed by atoms with Crippen LogP contribution in [0.15, 0.2) is 77.3 Å². The van der Waals surface area contributed by atoms with Gasteiger partial charge in [0.1, 0.15) is 47.4 Å². The fourth-order valence-electron chi connectivity index (χ4n) is 5.51. The normalized spacial score (nSPS) is 16.7. The van der Waals surface area contributed by atoms with Gasteiger partial charge in [0.15, 0.2) is 5.58 Å². The number of oxazole rings is 1. The predicted molar refractivity (Wildman–Crippen MR) is 165 cm³/mol. The molecular formula is C32H29F3N6O7. The van der Waals surface area contributed by atoms with E-state index in [4.69, 9.17) is 23.6 Å². The molecule has 0 bridgehead atoms. The number of ether oxygens (including phenoxy) is 4. The van der Waals surface area contributed by atoms with Gasteiger partial charge in [-0.25, -0.2) is 0 Å². The Bertz CT molecular complexity index is 1890. The summed E-state index contributed by atoms with van der Waals surface area (Å²) in [6, 6.07) is 19.0. The van der Waals surface area contributed by atoms with Crippen LogP contribution in [-0.4, -0.2) is 69.6 Å². The Morgan fingerprint density at radius 3 is 2.29 bits per heavy atom. The van der Waals surface area contributed by atoms with Crippen LogP contribution >= 0.6 is 0 Å². The molecule has 0 aliphatic carbocycles. The van der Waals surface area contributed by atoms with E-state index in [1.54, 1.807) is 4.57 Å². The number of hydrogen-bond acceptors (Lipinski definition) is 11. The van der Waals surface area contributed by atoms with Crippen molar-refractivity contribution in [1.82, 2.24) is 19.4 Å². The number of piperazine rings is 1. The van der Waals surface area contributed by atoms with Gasteiger partial charge in [-0.3, -0.25) is 9.47 Å². The van der Waals surface area contributed by atoms with Gasteiger partial charge in [-0.15, -0.1) is 13.2 Å². The van der Waals surface area contributed by atoms with Crippen molar-refractivity contribution in [3.63, 3.8) is 0 Å². The molecule has 1 saturated heterocycles. The number of anilines is 1. The molecule has 250 valence electrons. The largest absolute Gasteiger partial charge is 0.573 e. The summed E-state index contributed by atoms with van der Waals surface area (Å²) in [5.41, 5.74) is 2.42. The van der Waals surface area contributed by atoms with Gasteiger partial charge in [0.25, 0.3) is 6.01 Å². The molecule has 0 amide bonds. The van der Waals surface area contributed by atoms with Crippen molar-refractivity contribution in [2.75, 3.05) is 37.7 Å². The molecule has 48 heavy (non-hydrogen) atoms. The van der Waals surface area contributed by atoms with E-state index < -0.39 is 11.3 Å². The van der Waals surface area contributed by atoms with Crippen molar-refractivity contribution in [1.29, 1.82) is 0 Å². The maximum atomic E-state index is 12.4. The molecule has 2 aliphatic heterocycles. The van der Waals surface area contributed by atoms with Crippen LogP contribution in [0.5, 0.6) is 29.0 Å². The molecule has 0 spiro atoms. The molecule has 13 nitrogen and oxygen atoms in total. The minimum absolute atomic E-state index is 0.217. The molecule has 1 fully saturated rings. The van der Waals surface area contributed by atoms with Crippen molar-refractivity contribution in [2.45, 2.75) is 32.0 Å². The highest BCUT2D eigenvalue weighted by Crippen LogP contribution is 2.30. The fourth-order valence-corrected chi connectivity index (χ4v) is 5.51. The second-order valence-corrected chi connectivity index (χ2v) is 11.3. The van der Waals surface area contributed by atoms with Crippen LogP contribution < -0.4 is 23.8 Å². The number of nitro groups is 1. The SMILES string of the molecule is O=[N+]([O-])c1cn2c(n1)OC(COc1ccc3oc(N4CCN(Cc5ccc(Oc6ccc(OC(F)(F)F)cc6)cc5)CC4)nc3c1)CC2. The minimum Gasteiger partial charge on any atom is -0.490 e. The topological polar surface area (TPSA) is 130 Å². The standard InChI is InChI=1S/C32H29F3N6O7/c33-32(34,35)48-24-7-5-23(6-8-24)45-22-3-1-21(2-4-22)18-38-13-15-39(16-14-38)30-36-27-17-25(9-10-28(27)47-30)44-20-26-11-12-40-19-29(41(42)43)37-31(40)46-26/h1-10,17,19,26H,11-16,18,20H2. The lowest BCUT2D eigenvalue weighted by Crippen LogP contribution is -2.46. The highest BCUT2D eigenvalue weighted by Gasteiger charge is 2.31. The number of benzene rings is 3. The van der Waals surface area contributed by atoms with Crippen LogP contribution in [0.25, 0.3) is 11.1 Å². The smallest absolute Gasteiger partial charge is 0.490 e. The summed E-state index contributed by atoms with van der Waals surface area (Å²) in [7, 11) is 0. The molecule has 7 rings (SSSR count). The number of nitrogens with zero attached hydrogens (tertiary/aromatic N) is 6. The molecule has 1 unspecified atom stereocenters. The van der Waals surface area contributed by atoms with E-state index in [0.29, 0.717) is 47.3 Å². The van der Waals surface area contributed by atoms with Gasteiger partial charge in [-0.1, -0.05) is 12.1 Å². The second-order valence-electron chi connectivity index (χ2n) is 11.3. The molecule has 16 heteroatoms. The molecule has 1 atom stereocenters. The summed E-state index contributed by atoms with van der Waals surface area (Å²) in [5.74, 6) is 1.03. The number of aromatic nitrogens is 3. The van der Waals surface area contributed by atoms with Gasteiger partial charge in [-0.05, 0) is 59.0 Å². The zero-order valence-electron chi connectivity index (χ0n) is 25.3. The molecule has 0 N–H and O–H groups in total. The van der Waals surface area contributed by atoms with E-state index in [1.165, 1.54) is 30.5 Å². The first kappa shape index (κ1) is 31.1. The van der Waals surface area contributed by atoms with Crippen LogP contribution in [0.1, 0.15) is 12.0 Å². The van der Waals surface area contributed by atoms with Crippen LogP contribution in [0, 0.1) is 10.1 Å². The lowest BCUT2D eigenvalue weighted by molar-refractivity contribution is -0.389. The first-order chi connectivity index (χ1) is 23.1. The molecule has 5 aromatic rings. The summed E-state index contributed by atoms with van der Waals surface area (Å²) in [6.07, 6.45) is -3.03. The molecule has 4 heterocycles. The number of hydrogen-bond donors (Lipinski definition) is 0. The highest BCUT2D eigenvalue weighted by atomic mass is 19.4. The van der Waals surface area contributed by atoms with Crippen molar-refractivity contribution >= 4 is 22.9 Å². The lowest BCUT2D eigenvalue weighted by atomic mass is 10.2. The molecule has 0 radical (unpaired) electrons. The second kappa shape index (κ2) is 12.9. The number of halogens is 3. The molecule has 3 aromatic carbocycles. The van der Waals surface area contributed by atoms with Crippen LogP contribution in [0.2, 0.25) is 0 Å². The van der Waals surface area contributed by atoms with E-state index in [0.717, 1.165) is 38.3 Å². The third kappa shape index (κ3) is 7.38. The molecule has 2 aliphatic rings. The van der Waals surface area contributed by atoms with Gasteiger partial charge in [-0.2, -0.15) is 4.98 Å². The van der Waals surface area contributed by atoms with E-state index in [9.17, 15) is 23.3 Å². The quantitative estimate of drug-likeness (QED) is 0.125. The van der Waals surface area contributed by atoms with Gasteiger partial charge in [0, 0.05) is 56.7 Å². The zero-order valence-corrected chi connectivity index (χ0v) is 25.3. The summed E-state index contributed by atoms with van der Waals surface area (Å²) in [4.78, 5) is 23.5. The first-order valence-corrected chi connectivity index (χ1v) is 15.1. The molecule has 2 aromatic heterocycles. The van der Waals surface area contributed by atoms with E-state index in [1.807, 2.05) is 42.5 Å². The van der Waals surface area contributed by atoms with Crippen molar-refractivity contribution in [3.05, 3.63) is 88.6 Å². The highest BCUT2D eigenvalue weighted by molar-refractivity contribution is 5.76. The number of alkyl halides is 3. The first-order valence-electron chi connectivity index (χ1n) is 15.1. The monoisotopic (exact) mass is 666 g/mol. The van der Waals surface area contributed by atoms with Crippen molar-refractivity contribution < 1.29 is 41.5 Å². The van der Waals surface area contributed by atoms with E-state index in [-0.39, 0.29) is 30.3 Å². The summed E-state index contributed by atoms with van der Waals surface area (Å²) >= 11 is 0. The van der Waals surface area contributed by atoms with Gasteiger partial charge < -0.3 is 38.4 Å². The Kier molecular flexibility index (Phi) is 8.39. The third-order valence-electron chi connectivity index (χ3n) is 7.93. The number of fused-ring (bicyclic) bond motifs is 2. The Morgan fingerprint density at radius 1 is 0.896 bits per heavy atom. The number of aryl methyl sites for hydroxylation is 1. The Morgan fingerprint density at radius 2 is 1.58 bits per heavy atom. The Balaban J connectivity index is 0.878. The Labute approximate surface area is 271 Å². The number of imidazole rings is 1. The lowest BCUT2D eigenvalue weighted by Gasteiger charge is -2.33. The average Bonchev–Trinajstić information content (AvgIpc) is 3.70. The van der Waals surface area contributed by atoms with E-state index >= 15 is 0 Å². The van der Waals surface area contributed by atoms with Crippen LogP contribution in [-0.2, 0) is 13.1 Å². The Hall–Kier alpha value is -5.51.